The summed E-state index contributed by atoms with van der Waals surface area (Å²) < 4.78 is 33.2. The third-order valence-electron chi connectivity index (χ3n) is 3.32. The molecule has 0 aliphatic carbocycles. The van der Waals surface area contributed by atoms with Gasteiger partial charge in [0, 0.05) is 11.1 Å². The lowest BCUT2D eigenvalue weighted by molar-refractivity contribution is 0.402. The van der Waals surface area contributed by atoms with Gasteiger partial charge in [-0.2, -0.15) is 0 Å². The summed E-state index contributed by atoms with van der Waals surface area (Å²) in [6.07, 6.45) is 0.631. The Balaban J connectivity index is 2.37. The smallest absolute Gasteiger partial charge is 0.244 e. The van der Waals surface area contributed by atoms with Crippen LogP contribution in [0.1, 0.15) is 24.9 Å². The summed E-state index contributed by atoms with van der Waals surface area (Å²) in [5.74, 6) is 0.264. The summed E-state index contributed by atoms with van der Waals surface area (Å²) in [5.41, 5.74) is 0.912. The number of hydrogen-bond donors (Lipinski definition) is 1. The predicted octanol–water partition coefficient (Wildman–Crippen LogP) is 3.78. The lowest BCUT2D eigenvalue weighted by Gasteiger charge is -2.18. The number of ether oxygens (including phenoxy) is 1. The molecule has 2 aromatic rings. The van der Waals surface area contributed by atoms with Crippen LogP contribution >= 0.6 is 11.6 Å². The molecule has 0 unspecified atom stereocenters. The molecule has 1 N–H and O–H groups in total. The summed E-state index contributed by atoms with van der Waals surface area (Å²) in [5, 5.41) is 0.342. The van der Waals surface area contributed by atoms with Crippen molar-refractivity contribution in [1.29, 1.82) is 0 Å². The number of nitrogens with one attached hydrogen (secondary N) is 1. The molecule has 2 aromatic carbocycles. The summed E-state index contributed by atoms with van der Waals surface area (Å²) in [4.78, 5) is 0.0388. The molecule has 1 atom stereocenters. The largest absolute Gasteiger partial charge is 0.495 e. The lowest BCUT2D eigenvalue weighted by Crippen LogP contribution is -2.28. The molecule has 0 aliphatic heterocycles. The summed E-state index contributed by atoms with van der Waals surface area (Å²) >= 11 is 5.92. The van der Waals surface area contributed by atoms with Crippen molar-refractivity contribution in [3.8, 4) is 5.75 Å². The average Bonchev–Trinajstić information content (AvgIpc) is 2.53. The van der Waals surface area contributed by atoms with Crippen molar-refractivity contribution in [3.05, 3.63) is 59.1 Å². The van der Waals surface area contributed by atoms with Crippen LogP contribution < -0.4 is 9.46 Å². The van der Waals surface area contributed by atoms with E-state index in [0.717, 1.165) is 5.56 Å². The average molecular weight is 340 g/mol. The third kappa shape index (κ3) is 3.80. The van der Waals surface area contributed by atoms with Gasteiger partial charge in [0.25, 0.3) is 0 Å². The topological polar surface area (TPSA) is 55.4 Å². The van der Waals surface area contributed by atoms with Crippen molar-refractivity contribution < 1.29 is 13.2 Å². The van der Waals surface area contributed by atoms with Crippen molar-refractivity contribution in [3.63, 3.8) is 0 Å². The molecule has 0 aromatic heterocycles. The minimum absolute atomic E-state index is 0.0388. The van der Waals surface area contributed by atoms with Gasteiger partial charge in [0.05, 0.1) is 7.11 Å². The van der Waals surface area contributed by atoms with Crippen molar-refractivity contribution >= 4 is 21.6 Å². The zero-order valence-corrected chi connectivity index (χ0v) is 14.0. The maximum atomic E-state index is 12.7. The summed E-state index contributed by atoms with van der Waals surface area (Å²) in [7, 11) is -2.32. The summed E-state index contributed by atoms with van der Waals surface area (Å²) in [6, 6.07) is 13.7. The fraction of sp³-hybridized carbons (Fsp3) is 0.250. The highest BCUT2D eigenvalue weighted by molar-refractivity contribution is 7.89. The van der Waals surface area contributed by atoms with Crippen molar-refractivity contribution in [2.75, 3.05) is 7.11 Å². The van der Waals surface area contributed by atoms with Crippen LogP contribution in [0.5, 0.6) is 5.75 Å². The molecule has 2 rings (SSSR count). The van der Waals surface area contributed by atoms with Crippen molar-refractivity contribution in [2.45, 2.75) is 24.3 Å². The first-order valence-electron chi connectivity index (χ1n) is 6.88. The standard InChI is InChI=1S/C16H18ClNO3S/c1-3-14(12-7-5-4-6-8-12)18-22(19,20)16-11-13(17)9-10-15(16)21-2/h4-11,14,18H,3H2,1-2H3/t14-/m1/s1. The Hall–Kier alpha value is -1.56. The minimum Gasteiger partial charge on any atom is -0.495 e. The maximum absolute atomic E-state index is 12.7. The highest BCUT2D eigenvalue weighted by Crippen LogP contribution is 2.29. The molecule has 6 heteroatoms. The van der Waals surface area contributed by atoms with Gasteiger partial charge in [-0.05, 0) is 30.2 Å². The van der Waals surface area contributed by atoms with Gasteiger partial charge in [-0.3, -0.25) is 0 Å². The first kappa shape index (κ1) is 16.8. The fourth-order valence-electron chi connectivity index (χ4n) is 2.18. The van der Waals surface area contributed by atoms with Crippen LogP contribution in [0.2, 0.25) is 5.02 Å². The second kappa shape index (κ2) is 7.13. The first-order chi connectivity index (χ1) is 10.5. The first-order valence-corrected chi connectivity index (χ1v) is 8.75. The van der Waals surface area contributed by atoms with Crippen LogP contribution in [0.3, 0.4) is 0 Å². The van der Waals surface area contributed by atoms with Gasteiger partial charge in [0.15, 0.2) is 0 Å². The molecule has 0 heterocycles. The van der Waals surface area contributed by atoms with Gasteiger partial charge in [-0.25, -0.2) is 13.1 Å². The number of sulfonamides is 1. The van der Waals surface area contributed by atoms with Gasteiger partial charge in [-0.1, -0.05) is 48.9 Å². The Bertz CT molecular complexity index is 732. The number of halogens is 1. The monoisotopic (exact) mass is 339 g/mol. The summed E-state index contributed by atoms with van der Waals surface area (Å²) in [6.45, 7) is 1.93. The van der Waals surface area contributed by atoms with E-state index in [-0.39, 0.29) is 16.7 Å². The molecule has 0 fully saturated rings. The van der Waals surface area contributed by atoms with E-state index >= 15 is 0 Å². The van der Waals surface area contributed by atoms with Crippen LogP contribution in [0.4, 0.5) is 0 Å². The highest BCUT2D eigenvalue weighted by Gasteiger charge is 2.24. The van der Waals surface area contributed by atoms with Crippen LogP contribution in [-0.2, 0) is 10.0 Å². The van der Waals surface area contributed by atoms with Gasteiger partial charge < -0.3 is 4.74 Å². The Labute approximate surface area is 136 Å². The zero-order chi connectivity index (χ0) is 16.2. The van der Waals surface area contributed by atoms with Gasteiger partial charge in [0.2, 0.25) is 10.0 Å². The SMILES string of the molecule is CC[C@@H](NS(=O)(=O)c1cc(Cl)ccc1OC)c1ccccc1. The van der Waals surface area contributed by atoms with E-state index in [4.69, 9.17) is 16.3 Å². The van der Waals surface area contributed by atoms with E-state index in [0.29, 0.717) is 11.4 Å². The Morgan fingerprint density at radius 1 is 1.18 bits per heavy atom. The molecule has 4 nitrogen and oxygen atoms in total. The van der Waals surface area contributed by atoms with Gasteiger partial charge >= 0.3 is 0 Å². The van der Waals surface area contributed by atoms with Gasteiger partial charge in [-0.15, -0.1) is 0 Å². The molecule has 0 amide bonds. The highest BCUT2D eigenvalue weighted by atomic mass is 35.5. The van der Waals surface area contributed by atoms with Crippen LogP contribution in [0, 0.1) is 0 Å². The van der Waals surface area contributed by atoms with Crippen molar-refractivity contribution in [2.24, 2.45) is 0 Å². The molecule has 0 spiro atoms. The molecular weight excluding hydrogens is 322 g/mol. The van der Waals surface area contributed by atoms with E-state index in [2.05, 4.69) is 4.72 Å². The zero-order valence-electron chi connectivity index (χ0n) is 12.4. The maximum Gasteiger partial charge on any atom is 0.244 e. The van der Waals surface area contributed by atoms with Crippen LogP contribution in [0.15, 0.2) is 53.4 Å². The lowest BCUT2D eigenvalue weighted by atomic mass is 10.1. The number of methoxy groups -OCH3 is 1. The molecule has 0 saturated carbocycles. The second-order valence-corrected chi connectivity index (χ2v) is 6.91. The Kier molecular flexibility index (Phi) is 5.45. The molecule has 0 saturated heterocycles. The van der Waals surface area contributed by atoms with Gasteiger partial charge in [0.1, 0.15) is 10.6 Å². The third-order valence-corrected chi connectivity index (χ3v) is 5.05. The molecule has 0 bridgehead atoms. The van der Waals surface area contributed by atoms with E-state index in [1.807, 2.05) is 37.3 Å². The normalized spacial score (nSPS) is 12.9. The molecule has 0 aliphatic rings. The fourth-order valence-corrected chi connectivity index (χ4v) is 3.92. The molecular formula is C16H18ClNO3S. The predicted molar refractivity (Wildman–Crippen MR) is 87.8 cm³/mol. The van der Waals surface area contributed by atoms with Crippen LogP contribution in [-0.4, -0.2) is 15.5 Å². The number of rotatable bonds is 6. The molecule has 0 radical (unpaired) electrons. The Morgan fingerprint density at radius 3 is 2.45 bits per heavy atom. The van der Waals surface area contributed by atoms with E-state index in [1.165, 1.54) is 13.2 Å². The molecule has 118 valence electrons. The Morgan fingerprint density at radius 2 is 1.86 bits per heavy atom. The minimum atomic E-state index is -3.74. The molecule has 22 heavy (non-hydrogen) atoms. The quantitative estimate of drug-likeness (QED) is 0.871. The number of hydrogen-bond acceptors (Lipinski definition) is 3. The number of benzene rings is 2. The van der Waals surface area contributed by atoms with Crippen LogP contribution in [0.25, 0.3) is 0 Å². The second-order valence-electron chi connectivity index (χ2n) is 4.79. The van der Waals surface area contributed by atoms with E-state index in [9.17, 15) is 8.42 Å². The van der Waals surface area contributed by atoms with E-state index in [1.54, 1.807) is 12.1 Å². The van der Waals surface area contributed by atoms with Crippen molar-refractivity contribution in [1.82, 2.24) is 4.72 Å². The van der Waals surface area contributed by atoms with E-state index < -0.39 is 10.0 Å².